The number of amides is 2. The standard InChI is InChI=1S/C13H18N2O4/c1-2-13(8-18-11(14)16,9-19-12(15)17)10-6-4-3-5-7-10/h3-7H,2,8-9H2,1H3,(H2,14,16)(H2,15,17). The average Bonchev–Trinajstić information content (AvgIpc) is 2.40. The Morgan fingerprint density at radius 2 is 1.53 bits per heavy atom. The number of carbonyl (C=O) groups excluding carboxylic acids is 2. The number of rotatable bonds is 6. The van der Waals surface area contributed by atoms with Crippen molar-refractivity contribution in [2.75, 3.05) is 13.2 Å². The largest absolute Gasteiger partial charge is 0.449 e. The molecule has 19 heavy (non-hydrogen) atoms. The topological polar surface area (TPSA) is 105 Å². The molecule has 4 N–H and O–H groups in total. The average molecular weight is 266 g/mol. The van der Waals surface area contributed by atoms with Crippen molar-refractivity contribution in [1.82, 2.24) is 0 Å². The van der Waals surface area contributed by atoms with Crippen molar-refractivity contribution in [3.63, 3.8) is 0 Å². The van der Waals surface area contributed by atoms with Gasteiger partial charge in [-0.25, -0.2) is 9.59 Å². The lowest BCUT2D eigenvalue weighted by Crippen LogP contribution is -2.39. The quantitative estimate of drug-likeness (QED) is 0.814. The van der Waals surface area contributed by atoms with Crippen LogP contribution in [0.2, 0.25) is 0 Å². The van der Waals surface area contributed by atoms with Crippen LogP contribution in [0.15, 0.2) is 30.3 Å². The normalized spacial score (nSPS) is 10.8. The number of primary amides is 2. The molecule has 0 saturated heterocycles. The lowest BCUT2D eigenvalue weighted by molar-refractivity contribution is 0.0721. The van der Waals surface area contributed by atoms with Crippen molar-refractivity contribution in [3.05, 3.63) is 35.9 Å². The molecule has 0 unspecified atom stereocenters. The zero-order valence-corrected chi connectivity index (χ0v) is 10.8. The minimum Gasteiger partial charge on any atom is -0.449 e. The highest BCUT2D eigenvalue weighted by atomic mass is 16.6. The molecule has 0 spiro atoms. The third-order valence-corrected chi connectivity index (χ3v) is 3.04. The van der Waals surface area contributed by atoms with Gasteiger partial charge in [0.2, 0.25) is 0 Å². The molecule has 2 amide bonds. The number of nitrogens with two attached hydrogens (primary N) is 2. The first-order valence-electron chi connectivity index (χ1n) is 5.90. The summed E-state index contributed by atoms with van der Waals surface area (Å²) in [5, 5.41) is 0. The molecule has 6 heteroatoms. The van der Waals surface area contributed by atoms with Gasteiger partial charge in [0.25, 0.3) is 0 Å². The lowest BCUT2D eigenvalue weighted by Gasteiger charge is -2.31. The highest BCUT2D eigenvalue weighted by Gasteiger charge is 2.33. The molecule has 0 aromatic heterocycles. The van der Waals surface area contributed by atoms with Gasteiger partial charge in [0.05, 0.1) is 5.41 Å². The fourth-order valence-electron chi connectivity index (χ4n) is 1.83. The Balaban J connectivity index is 2.98. The van der Waals surface area contributed by atoms with Gasteiger partial charge in [-0.05, 0) is 12.0 Å². The fourth-order valence-corrected chi connectivity index (χ4v) is 1.83. The van der Waals surface area contributed by atoms with Crippen LogP contribution in [0.3, 0.4) is 0 Å². The first-order chi connectivity index (χ1) is 9.00. The molecule has 0 radical (unpaired) electrons. The molecule has 1 rings (SSSR count). The predicted octanol–water partition coefficient (Wildman–Crippen LogP) is 1.52. The van der Waals surface area contributed by atoms with Gasteiger partial charge in [-0.2, -0.15) is 0 Å². The summed E-state index contributed by atoms with van der Waals surface area (Å²) in [6, 6.07) is 9.33. The minimum absolute atomic E-state index is 0.0239. The summed E-state index contributed by atoms with van der Waals surface area (Å²) in [7, 11) is 0. The van der Waals surface area contributed by atoms with Crippen molar-refractivity contribution in [3.8, 4) is 0 Å². The van der Waals surface area contributed by atoms with Crippen molar-refractivity contribution >= 4 is 12.2 Å². The van der Waals surface area contributed by atoms with Gasteiger partial charge in [0, 0.05) is 0 Å². The van der Waals surface area contributed by atoms with E-state index in [4.69, 9.17) is 20.9 Å². The van der Waals surface area contributed by atoms with Crippen LogP contribution in [0.5, 0.6) is 0 Å². The Hall–Kier alpha value is -2.24. The molecular weight excluding hydrogens is 248 g/mol. The number of hydrogen-bond donors (Lipinski definition) is 2. The van der Waals surface area contributed by atoms with E-state index in [1.807, 2.05) is 37.3 Å². The molecule has 0 aliphatic carbocycles. The lowest BCUT2D eigenvalue weighted by atomic mass is 9.79. The molecule has 1 aromatic carbocycles. The van der Waals surface area contributed by atoms with E-state index in [1.54, 1.807) is 0 Å². The Kier molecular flexibility index (Phi) is 5.17. The molecule has 0 heterocycles. The molecular formula is C13H18N2O4. The number of hydrogen-bond acceptors (Lipinski definition) is 4. The van der Waals surface area contributed by atoms with Gasteiger partial charge in [-0.1, -0.05) is 37.3 Å². The Morgan fingerprint density at radius 3 is 1.89 bits per heavy atom. The second-order valence-electron chi connectivity index (χ2n) is 4.22. The van der Waals surface area contributed by atoms with Gasteiger partial charge in [-0.15, -0.1) is 0 Å². The summed E-state index contributed by atoms with van der Waals surface area (Å²) in [6.45, 7) is 1.95. The van der Waals surface area contributed by atoms with Gasteiger partial charge in [-0.3, -0.25) is 0 Å². The van der Waals surface area contributed by atoms with Gasteiger partial charge in [0.15, 0.2) is 0 Å². The van der Waals surface area contributed by atoms with E-state index in [0.29, 0.717) is 6.42 Å². The molecule has 0 bridgehead atoms. The smallest absolute Gasteiger partial charge is 0.404 e. The summed E-state index contributed by atoms with van der Waals surface area (Å²) in [5.74, 6) is 0. The van der Waals surface area contributed by atoms with Crippen LogP contribution in [0, 0.1) is 0 Å². The maximum Gasteiger partial charge on any atom is 0.404 e. The SMILES string of the molecule is CCC(COC(N)=O)(COC(N)=O)c1ccccc1. The molecule has 6 nitrogen and oxygen atoms in total. The molecule has 0 fully saturated rings. The molecule has 0 aliphatic heterocycles. The van der Waals surface area contributed by atoms with Gasteiger partial charge < -0.3 is 20.9 Å². The van der Waals surface area contributed by atoms with E-state index in [2.05, 4.69) is 0 Å². The highest BCUT2D eigenvalue weighted by molar-refractivity contribution is 5.65. The van der Waals surface area contributed by atoms with Gasteiger partial charge in [0.1, 0.15) is 13.2 Å². The van der Waals surface area contributed by atoms with E-state index in [0.717, 1.165) is 5.56 Å². The molecule has 0 atom stereocenters. The Morgan fingerprint density at radius 1 is 1.05 bits per heavy atom. The third kappa shape index (κ3) is 4.17. The summed E-state index contributed by atoms with van der Waals surface area (Å²) in [5.41, 5.74) is 10.2. The van der Waals surface area contributed by atoms with Gasteiger partial charge >= 0.3 is 12.2 Å². The van der Waals surface area contributed by atoms with Crippen LogP contribution >= 0.6 is 0 Å². The summed E-state index contributed by atoms with van der Waals surface area (Å²) < 4.78 is 9.78. The van der Waals surface area contributed by atoms with E-state index in [1.165, 1.54) is 0 Å². The Labute approximate surface area is 111 Å². The summed E-state index contributed by atoms with van der Waals surface area (Å²) >= 11 is 0. The maximum atomic E-state index is 10.8. The van der Waals surface area contributed by atoms with Crippen molar-refractivity contribution in [2.45, 2.75) is 18.8 Å². The van der Waals surface area contributed by atoms with Crippen molar-refractivity contribution < 1.29 is 19.1 Å². The predicted molar refractivity (Wildman–Crippen MR) is 69.5 cm³/mol. The van der Waals surface area contributed by atoms with E-state index < -0.39 is 17.6 Å². The summed E-state index contributed by atoms with van der Waals surface area (Å²) in [4.78, 5) is 21.6. The second-order valence-corrected chi connectivity index (χ2v) is 4.22. The zero-order valence-electron chi connectivity index (χ0n) is 10.8. The molecule has 0 saturated carbocycles. The van der Waals surface area contributed by atoms with Crippen molar-refractivity contribution in [1.29, 1.82) is 0 Å². The first kappa shape index (κ1) is 14.8. The molecule has 104 valence electrons. The second kappa shape index (κ2) is 6.63. The van der Waals surface area contributed by atoms with Crippen LogP contribution in [0.25, 0.3) is 0 Å². The maximum absolute atomic E-state index is 10.8. The third-order valence-electron chi connectivity index (χ3n) is 3.04. The van der Waals surface area contributed by atoms with Crippen LogP contribution in [-0.4, -0.2) is 25.4 Å². The first-order valence-corrected chi connectivity index (χ1v) is 5.90. The molecule has 0 aliphatic rings. The van der Waals surface area contributed by atoms with Crippen LogP contribution in [-0.2, 0) is 14.9 Å². The fraction of sp³-hybridized carbons (Fsp3) is 0.385. The van der Waals surface area contributed by atoms with Crippen molar-refractivity contribution in [2.24, 2.45) is 11.5 Å². The van der Waals surface area contributed by atoms with E-state index in [9.17, 15) is 9.59 Å². The van der Waals surface area contributed by atoms with Crippen LogP contribution in [0.4, 0.5) is 9.59 Å². The number of ether oxygens (including phenoxy) is 2. The highest BCUT2D eigenvalue weighted by Crippen LogP contribution is 2.29. The summed E-state index contributed by atoms with van der Waals surface area (Å²) in [6.07, 6.45) is -1.14. The van der Waals surface area contributed by atoms with E-state index in [-0.39, 0.29) is 13.2 Å². The van der Waals surface area contributed by atoms with Crippen LogP contribution < -0.4 is 11.5 Å². The van der Waals surface area contributed by atoms with Crippen LogP contribution in [0.1, 0.15) is 18.9 Å². The minimum atomic E-state index is -0.868. The Bertz CT molecular complexity index is 416. The number of carbonyl (C=O) groups is 2. The van der Waals surface area contributed by atoms with E-state index >= 15 is 0 Å². The molecule has 1 aromatic rings. The number of benzene rings is 1. The zero-order chi connectivity index (χ0) is 14.3. The monoisotopic (exact) mass is 266 g/mol.